The van der Waals surface area contributed by atoms with Crippen LogP contribution in [0.2, 0.25) is 0 Å². The average molecular weight is 504 g/mol. The molecule has 2 fully saturated rings. The number of nitrogens with zero attached hydrogens (tertiary/aromatic N) is 1. The van der Waals surface area contributed by atoms with Gasteiger partial charge in [-0.25, -0.2) is 0 Å². The summed E-state index contributed by atoms with van der Waals surface area (Å²) in [7, 11) is 0. The second-order valence-corrected chi connectivity index (χ2v) is 11.8. The lowest BCUT2D eigenvalue weighted by Gasteiger charge is -2.37. The van der Waals surface area contributed by atoms with E-state index in [0.717, 1.165) is 39.8 Å². The Hall–Kier alpha value is -4.30. The Morgan fingerprint density at radius 2 is 1.33 bits per heavy atom. The first-order valence-corrected chi connectivity index (χ1v) is 14.3. The number of benzene rings is 5. The quantitative estimate of drug-likeness (QED) is 0.239. The van der Waals surface area contributed by atoms with Gasteiger partial charge in [-0.1, -0.05) is 73.2 Å². The molecule has 5 aromatic carbocycles. The van der Waals surface area contributed by atoms with Gasteiger partial charge in [-0.2, -0.15) is 0 Å². The van der Waals surface area contributed by atoms with Crippen LogP contribution < -0.4 is 4.90 Å². The standard InChI is InChI=1S/C37H29NO/c1-2-8-26(9-3-1)38(28-17-19-32-31-11-5-7-13-35(31)39-36(32)22-28)27-16-18-30-29-10-4-6-12-33(29)37(34(30)21-27)23-24-14-15-25(37)20-24/h1-13,16-19,21-22,24-25H,14-15,20,23H2. The maximum Gasteiger partial charge on any atom is 0.137 e. The fourth-order valence-corrected chi connectivity index (χ4v) is 8.40. The van der Waals surface area contributed by atoms with Crippen LogP contribution >= 0.6 is 0 Å². The maximum atomic E-state index is 6.31. The van der Waals surface area contributed by atoms with Crippen LogP contribution in [-0.4, -0.2) is 0 Å². The minimum absolute atomic E-state index is 0.163. The predicted molar refractivity (Wildman–Crippen MR) is 160 cm³/mol. The Kier molecular flexibility index (Phi) is 4.36. The number of hydrogen-bond donors (Lipinski definition) is 0. The van der Waals surface area contributed by atoms with Crippen LogP contribution in [0.4, 0.5) is 17.1 Å². The van der Waals surface area contributed by atoms with Gasteiger partial charge in [0.15, 0.2) is 0 Å². The molecule has 9 rings (SSSR count). The van der Waals surface area contributed by atoms with Gasteiger partial charge in [0, 0.05) is 39.3 Å². The Morgan fingerprint density at radius 3 is 2.21 bits per heavy atom. The highest BCUT2D eigenvalue weighted by Crippen LogP contribution is 2.66. The lowest BCUT2D eigenvalue weighted by Crippen LogP contribution is -2.31. The Labute approximate surface area is 228 Å². The van der Waals surface area contributed by atoms with Crippen molar-refractivity contribution in [3.63, 3.8) is 0 Å². The summed E-state index contributed by atoms with van der Waals surface area (Å²) in [6.07, 6.45) is 5.43. The van der Waals surface area contributed by atoms with Crippen molar-refractivity contribution in [2.45, 2.75) is 31.1 Å². The first-order chi connectivity index (χ1) is 19.3. The molecule has 188 valence electrons. The van der Waals surface area contributed by atoms with Crippen LogP contribution in [0.15, 0.2) is 120 Å². The van der Waals surface area contributed by atoms with Crippen molar-refractivity contribution >= 4 is 39.0 Å². The zero-order valence-corrected chi connectivity index (χ0v) is 21.8. The molecule has 6 aromatic rings. The number of furan rings is 1. The Balaban J connectivity index is 1.25. The Morgan fingerprint density at radius 1 is 0.590 bits per heavy atom. The highest BCUT2D eigenvalue weighted by molar-refractivity contribution is 6.06. The van der Waals surface area contributed by atoms with E-state index in [0.29, 0.717) is 0 Å². The summed E-state index contributed by atoms with van der Waals surface area (Å²) in [6.45, 7) is 0. The lowest BCUT2D eigenvalue weighted by molar-refractivity contribution is 0.327. The van der Waals surface area contributed by atoms with E-state index in [-0.39, 0.29) is 5.41 Å². The van der Waals surface area contributed by atoms with E-state index in [1.54, 1.807) is 11.1 Å². The summed E-state index contributed by atoms with van der Waals surface area (Å²) in [4.78, 5) is 2.40. The number of hydrogen-bond acceptors (Lipinski definition) is 2. The fraction of sp³-hybridized carbons (Fsp3) is 0.189. The predicted octanol–water partition coefficient (Wildman–Crippen LogP) is 10.1. The van der Waals surface area contributed by atoms with Crippen molar-refractivity contribution < 1.29 is 4.42 Å². The van der Waals surface area contributed by atoms with Gasteiger partial charge in [0.05, 0.1) is 0 Å². The van der Waals surface area contributed by atoms with Gasteiger partial charge in [-0.15, -0.1) is 0 Å². The van der Waals surface area contributed by atoms with E-state index >= 15 is 0 Å². The number of para-hydroxylation sites is 2. The summed E-state index contributed by atoms with van der Waals surface area (Å²) in [5, 5.41) is 2.33. The summed E-state index contributed by atoms with van der Waals surface area (Å²) in [5.41, 5.74) is 11.5. The second-order valence-electron chi connectivity index (χ2n) is 11.8. The molecule has 1 aromatic heterocycles. The van der Waals surface area contributed by atoms with Gasteiger partial charge in [0.1, 0.15) is 11.2 Å². The van der Waals surface area contributed by atoms with Gasteiger partial charge in [0.25, 0.3) is 0 Å². The molecule has 0 N–H and O–H groups in total. The molecular formula is C37H29NO. The Bertz CT molecular complexity index is 1900. The van der Waals surface area contributed by atoms with Crippen molar-refractivity contribution in [3.8, 4) is 11.1 Å². The minimum atomic E-state index is 0.163. The monoisotopic (exact) mass is 503 g/mol. The molecule has 3 aliphatic carbocycles. The van der Waals surface area contributed by atoms with E-state index in [1.165, 1.54) is 47.9 Å². The van der Waals surface area contributed by atoms with Gasteiger partial charge in [-0.3, -0.25) is 0 Å². The highest BCUT2D eigenvalue weighted by atomic mass is 16.3. The first-order valence-electron chi connectivity index (χ1n) is 14.3. The molecule has 2 bridgehead atoms. The molecule has 1 spiro atoms. The van der Waals surface area contributed by atoms with Crippen molar-refractivity contribution in [1.82, 2.24) is 0 Å². The van der Waals surface area contributed by atoms with Gasteiger partial charge >= 0.3 is 0 Å². The minimum Gasteiger partial charge on any atom is -0.456 e. The van der Waals surface area contributed by atoms with Crippen LogP contribution in [0.1, 0.15) is 36.8 Å². The molecule has 1 heterocycles. The summed E-state index contributed by atoms with van der Waals surface area (Å²) < 4.78 is 6.31. The van der Waals surface area contributed by atoms with E-state index in [9.17, 15) is 0 Å². The largest absolute Gasteiger partial charge is 0.456 e. The molecule has 3 aliphatic rings. The molecule has 0 aliphatic heterocycles. The van der Waals surface area contributed by atoms with E-state index in [1.807, 2.05) is 6.07 Å². The lowest BCUT2D eigenvalue weighted by atomic mass is 9.67. The van der Waals surface area contributed by atoms with E-state index < -0.39 is 0 Å². The second kappa shape index (κ2) is 7.86. The average Bonchev–Trinajstić information content (AvgIpc) is 3.75. The van der Waals surface area contributed by atoms with Crippen LogP contribution in [0, 0.1) is 11.8 Å². The molecule has 0 radical (unpaired) electrons. The molecule has 2 heteroatoms. The number of anilines is 3. The molecule has 0 saturated heterocycles. The topological polar surface area (TPSA) is 16.4 Å². The van der Waals surface area contributed by atoms with E-state index in [4.69, 9.17) is 4.42 Å². The molecule has 0 amide bonds. The SMILES string of the molecule is c1ccc(N(c2ccc3c(c2)C2(CC4CCC2C4)c2ccccc2-3)c2ccc3c(c2)oc2ccccc23)cc1. The van der Waals surface area contributed by atoms with Crippen LogP contribution in [0.3, 0.4) is 0 Å². The molecule has 2 nitrogen and oxygen atoms in total. The van der Waals surface area contributed by atoms with Crippen LogP contribution in [0.25, 0.3) is 33.1 Å². The molecule has 3 unspecified atom stereocenters. The summed E-state index contributed by atoms with van der Waals surface area (Å²) in [6, 6.07) is 42.2. The fourth-order valence-electron chi connectivity index (χ4n) is 8.40. The third kappa shape index (κ3) is 2.92. The number of fused-ring (bicyclic) bond motifs is 11. The summed E-state index contributed by atoms with van der Waals surface area (Å²) >= 11 is 0. The third-order valence-corrected chi connectivity index (χ3v) is 9.92. The summed E-state index contributed by atoms with van der Waals surface area (Å²) in [5.74, 6) is 1.61. The molecular weight excluding hydrogens is 474 g/mol. The molecule has 3 atom stereocenters. The van der Waals surface area contributed by atoms with Crippen molar-refractivity contribution in [1.29, 1.82) is 0 Å². The zero-order chi connectivity index (χ0) is 25.6. The normalized spacial score (nSPS) is 22.6. The van der Waals surface area contributed by atoms with E-state index in [2.05, 4.69) is 114 Å². The smallest absolute Gasteiger partial charge is 0.137 e. The van der Waals surface area contributed by atoms with Gasteiger partial charge in [-0.05, 0) is 95.8 Å². The van der Waals surface area contributed by atoms with Crippen molar-refractivity contribution in [3.05, 3.63) is 126 Å². The zero-order valence-electron chi connectivity index (χ0n) is 21.8. The van der Waals surface area contributed by atoms with Crippen LogP contribution in [0.5, 0.6) is 0 Å². The van der Waals surface area contributed by atoms with Crippen molar-refractivity contribution in [2.75, 3.05) is 4.90 Å². The van der Waals surface area contributed by atoms with Crippen molar-refractivity contribution in [2.24, 2.45) is 11.8 Å². The first kappa shape index (κ1) is 21.6. The number of rotatable bonds is 3. The molecule has 39 heavy (non-hydrogen) atoms. The molecule has 2 saturated carbocycles. The van der Waals surface area contributed by atoms with Crippen LogP contribution in [-0.2, 0) is 5.41 Å². The maximum absolute atomic E-state index is 6.31. The van der Waals surface area contributed by atoms with Gasteiger partial charge < -0.3 is 9.32 Å². The van der Waals surface area contributed by atoms with Gasteiger partial charge in [0.2, 0.25) is 0 Å². The third-order valence-electron chi connectivity index (χ3n) is 9.92. The highest BCUT2D eigenvalue weighted by Gasteiger charge is 2.56.